The number of aliphatic carboxylic acids is 1. The maximum Gasteiger partial charge on any atom is 0.326 e. The molecule has 2 heterocycles. The molecule has 25 heavy (non-hydrogen) atoms. The molecular formula is C18H22N4O3. The third-order valence-corrected chi connectivity index (χ3v) is 4.55. The van der Waals surface area contributed by atoms with Gasteiger partial charge in [-0.25, -0.2) is 14.5 Å². The molecule has 0 bridgehead atoms. The second-order valence-corrected chi connectivity index (χ2v) is 6.60. The Morgan fingerprint density at radius 3 is 2.68 bits per heavy atom. The zero-order valence-corrected chi connectivity index (χ0v) is 14.6. The molecule has 0 saturated carbocycles. The number of hydrogen-bond acceptors (Lipinski definition) is 4. The summed E-state index contributed by atoms with van der Waals surface area (Å²) in [5.74, 6) is -0.457. The van der Waals surface area contributed by atoms with E-state index in [0.29, 0.717) is 31.1 Å². The maximum atomic E-state index is 12.7. The Labute approximate surface area is 146 Å². The van der Waals surface area contributed by atoms with Gasteiger partial charge in [0.15, 0.2) is 0 Å². The van der Waals surface area contributed by atoms with Crippen molar-refractivity contribution >= 4 is 11.9 Å². The number of carboxylic acids is 1. The van der Waals surface area contributed by atoms with Gasteiger partial charge in [-0.3, -0.25) is 4.79 Å². The normalized spacial score (nSPS) is 17.3. The average Bonchev–Trinajstić information content (AvgIpc) is 3.21. The van der Waals surface area contributed by atoms with E-state index in [1.165, 1.54) is 4.90 Å². The van der Waals surface area contributed by atoms with Gasteiger partial charge < -0.3 is 10.0 Å². The molecule has 0 radical (unpaired) electrons. The Kier molecular flexibility index (Phi) is 4.57. The first-order valence-corrected chi connectivity index (χ1v) is 8.47. The SMILES string of the molecule is Cc1nc(C(=O)N2CCC[C@@H]2C(=O)O)nn1-c1ccccc1C(C)C. The standard InChI is InChI=1S/C18H22N4O3/c1-11(2)13-7-4-5-8-14(13)22-12(3)19-16(20-22)17(23)21-10-6-9-15(21)18(24)25/h4-5,7-8,11,15H,6,9-10H2,1-3H3,(H,24,25)/t15-/m1/s1. The smallest absolute Gasteiger partial charge is 0.326 e. The van der Waals surface area contributed by atoms with Crippen LogP contribution in [0.3, 0.4) is 0 Å². The highest BCUT2D eigenvalue weighted by Crippen LogP contribution is 2.24. The number of carbonyl (C=O) groups is 2. The van der Waals surface area contributed by atoms with Gasteiger partial charge in [-0.2, -0.15) is 0 Å². The van der Waals surface area contributed by atoms with Crippen LogP contribution < -0.4 is 0 Å². The third-order valence-electron chi connectivity index (χ3n) is 4.55. The lowest BCUT2D eigenvalue weighted by Gasteiger charge is -2.19. The molecule has 132 valence electrons. The second kappa shape index (κ2) is 6.66. The molecule has 1 aromatic carbocycles. The summed E-state index contributed by atoms with van der Waals surface area (Å²) in [6.07, 6.45) is 1.15. The summed E-state index contributed by atoms with van der Waals surface area (Å²) < 4.78 is 1.66. The zero-order valence-electron chi connectivity index (χ0n) is 14.6. The van der Waals surface area contributed by atoms with Gasteiger partial charge in [0.2, 0.25) is 5.82 Å². The molecule has 7 heteroatoms. The van der Waals surface area contributed by atoms with Gasteiger partial charge in [0.1, 0.15) is 11.9 Å². The highest BCUT2D eigenvalue weighted by Gasteiger charge is 2.36. The quantitative estimate of drug-likeness (QED) is 0.921. The highest BCUT2D eigenvalue weighted by molar-refractivity contribution is 5.93. The van der Waals surface area contributed by atoms with Gasteiger partial charge in [0.05, 0.1) is 5.69 Å². The molecule has 2 aromatic rings. The summed E-state index contributed by atoms with van der Waals surface area (Å²) in [6, 6.07) is 7.08. The van der Waals surface area contributed by atoms with Crippen LogP contribution in [-0.2, 0) is 4.79 Å². The molecular weight excluding hydrogens is 320 g/mol. The summed E-state index contributed by atoms with van der Waals surface area (Å²) in [6.45, 7) is 6.41. The Balaban J connectivity index is 1.96. The van der Waals surface area contributed by atoms with Crippen molar-refractivity contribution in [2.45, 2.75) is 45.6 Å². The number of amides is 1. The largest absolute Gasteiger partial charge is 0.480 e. The number of aromatic nitrogens is 3. The summed E-state index contributed by atoms with van der Waals surface area (Å²) in [7, 11) is 0. The van der Waals surface area contributed by atoms with E-state index < -0.39 is 17.9 Å². The molecule has 1 amide bonds. The number of carboxylic acid groups (broad SMARTS) is 1. The number of likely N-dealkylation sites (tertiary alicyclic amines) is 1. The lowest BCUT2D eigenvalue weighted by atomic mass is 10.0. The van der Waals surface area contributed by atoms with Crippen molar-refractivity contribution in [2.75, 3.05) is 6.54 Å². The van der Waals surface area contributed by atoms with E-state index in [4.69, 9.17) is 0 Å². The number of rotatable bonds is 4. The highest BCUT2D eigenvalue weighted by atomic mass is 16.4. The number of benzene rings is 1. The van der Waals surface area contributed by atoms with Crippen LogP contribution in [-0.4, -0.2) is 49.2 Å². The lowest BCUT2D eigenvalue weighted by molar-refractivity contribution is -0.141. The van der Waals surface area contributed by atoms with E-state index in [1.54, 1.807) is 11.6 Å². The van der Waals surface area contributed by atoms with Crippen LogP contribution in [0.4, 0.5) is 0 Å². The summed E-state index contributed by atoms with van der Waals surface area (Å²) in [4.78, 5) is 29.7. The van der Waals surface area contributed by atoms with E-state index >= 15 is 0 Å². The Morgan fingerprint density at radius 2 is 2.00 bits per heavy atom. The van der Waals surface area contributed by atoms with E-state index in [0.717, 1.165) is 11.3 Å². The molecule has 1 N–H and O–H groups in total. The van der Waals surface area contributed by atoms with Crippen LogP contribution in [0.2, 0.25) is 0 Å². The summed E-state index contributed by atoms with van der Waals surface area (Å²) >= 11 is 0. The topological polar surface area (TPSA) is 88.3 Å². The minimum Gasteiger partial charge on any atom is -0.480 e. The first kappa shape index (κ1) is 17.1. The van der Waals surface area contributed by atoms with Crippen molar-refractivity contribution in [1.82, 2.24) is 19.7 Å². The van der Waals surface area contributed by atoms with Crippen molar-refractivity contribution in [1.29, 1.82) is 0 Å². The molecule has 1 fully saturated rings. The van der Waals surface area contributed by atoms with E-state index in [-0.39, 0.29) is 5.82 Å². The van der Waals surface area contributed by atoms with Gasteiger partial charge in [-0.15, -0.1) is 5.10 Å². The first-order valence-electron chi connectivity index (χ1n) is 8.47. The fraction of sp³-hybridized carbons (Fsp3) is 0.444. The van der Waals surface area contributed by atoms with Crippen molar-refractivity contribution in [3.05, 3.63) is 41.5 Å². The molecule has 1 aliphatic heterocycles. The molecule has 7 nitrogen and oxygen atoms in total. The van der Waals surface area contributed by atoms with Crippen LogP contribution in [0.1, 0.15) is 54.6 Å². The number of para-hydroxylation sites is 1. The van der Waals surface area contributed by atoms with Crippen LogP contribution in [0.5, 0.6) is 0 Å². The predicted octanol–water partition coefficient (Wildman–Crippen LogP) is 2.39. The van der Waals surface area contributed by atoms with Crippen molar-refractivity contribution in [3.63, 3.8) is 0 Å². The average molecular weight is 342 g/mol. The van der Waals surface area contributed by atoms with Crippen LogP contribution in [0.15, 0.2) is 24.3 Å². The third kappa shape index (κ3) is 3.14. The van der Waals surface area contributed by atoms with Crippen LogP contribution in [0, 0.1) is 6.92 Å². The molecule has 0 spiro atoms. The van der Waals surface area contributed by atoms with E-state index in [1.807, 2.05) is 24.3 Å². The van der Waals surface area contributed by atoms with E-state index in [2.05, 4.69) is 23.9 Å². The van der Waals surface area contributed by atoms with E-state index in [9.17, 15) is 14.7 Å². The molecule has 1 aliphatic rings. The fourth-order valence-electron chi connectivity index (χ4n) is 3.27. The molecule has 0 aliphatic carbocycles. The Bertz CT molecular complexity index is 812. The number of hydrogen-bond donors (Lipinski definition) is 1. The summed E-state index contributed by atoms with van der Waals surface area (Å²) in [5.41, 5.74) is 2.00. The molecule has 1 aromatic heterocycles. The number of aryl methyl sites for hydroxylation is 1. The minimum absolute atomic E-state index is 0.0456. The first-order chi connectivity index (χ1) is 11.9. The molecule has 1 saturated heterocycles. The molecule has 1 atom stereocenters. The van der Waals surface area contributed by atoms with Crippen LogP contribution >= 0.6 is 0 Å². The number of carbonyl (C=O) groups excluding carboxylic acids is 1. The zero-order chi connectivity index (χ0) is 18.1. The van der Waals surface area contributed by atoms with Gasteiger partial charge in [0, 0.05) is 6.54 Å². The minimum atomic E-state index is -0.979. The van der Waals surface area contributed by atoms with Gasteiger partial charge in [0.25, 0.3) is 5.91 Å². The second-order valence-electron chi connectivity index (χ2n) is 6.60. The predicted molar refractivity (Wildman–Crippen MR) is 91.9 cm³/mol. The van der Waals surface area contributed by atoms with Crippen molar-refractivity contribution in [2.24, 2.45) is 0 Å². The van der Waals surface area contributed by atoms with Crippen molar-refractivity contribution < 1.29 is 14.7 Å². The van der Waals surface area contributed by atoms with Gasteiger partial charge in [-0.05, 0) is 37.3 Å². The summed E-state index contributed by atoms with van der Waals surface area (Å²) in [5, 5.41) is 13.7. The fourth-order valence-corrected chi connectivity index (χ4v) is 3.27. The van der Waals surface area contributed by atoms with Gasteiger partial charge >= 0.3 is 5.97 Å². The van der Waals surface area contributed by atoms with Gasteiger partial charge in [-0.1, -0.05) is 32.0 Å². The maximum absolute atomic E-state index is 12.7. The Morgan fingerprint density at radius 1 is 1.28 bits per heavy atom. The lowest BCUT2D eigenvalue weighted by Crippen LogP contribution is -2.40. The Hall–Kier alpha value is -2.70. The molecule has 3 rings (SSSR count). The number of nitrogens with zero attached hydrogens (tertiary/aromatic N) is 4. The van der Waals surface area contributed by atoms with Crippen LogP contribution in [0.25, 0.3) is 5.69 Å². The monoisotopic (exact) mass is 342 g/mol. The molecule has 0 unspecified atom stereocenters. The van der Waals surface area contributed by atoms with Crippen molar-refractivity contribution in [3.8, 4) is 5.69 Å².